The molecule has 0 radical (unpaired) electrons. The molecule has 0 aliphatic carbocycles. The lowest BCUT2D eigenvalue weighted by molar-refractivity contribution is -0.129. The Morgan fingerprint density at radius 2 is 1.91 bits per heavy atom. The normalized spacial score (nSPS) is 12.3. The number of rotatable bonds is 4. The molecule has 5 nitrogen and oxygen atoms in total. The van der Waals surface area contributed by atoms with Gasteiger partial charge in [-0.2, -0.15) is 5.10 Å². The number of aliphatic hydroxyl groups is 1. The number of nitrogens with one attached hydrogen (secondary N) is 1. The Hall–Kier alpha value is -1.70. The summed E-state index contributed by atoms with van der Waals surface area (Å²) in [6.07, 6.45) is -0.0123. The fraction of sp³-hybridized carbons (Fsp3) is 0.0667. The highest BCUT2D eigenvalue weighted by atomic mass is 79.9. The summed E-state index contributed by atoms with van der Waals surface area (Å²) in [6, 6.07) is 11.9. The molecule has 1 amide bonds. The molecule has 7 heteroatoms. The quantitative estimate of drug-likeness (QED) is 0.518. The Kier molecular flexibility index (Phi) is 5.70. The van der Waals surface area contributed by atoms with Crippen LogP contribution in [0.3, 0.4) is 0 Å². The molecule has 0 saturated carbocycles. The van der Waals surface area contributed by atoms with Crippen molar-refractivity contribution in [3.8, 4) is 5.75 Å². The van der Waals surface area contributed by atoms with Crippen molar-refractivity contribution in [3.05, 3.63) is 62.5 Å². The number of aliphatic hydroxyl groups excluding tert-OH is 1. The van der Waals surface area contributed by atoms with Gasteiger partial charge >= 0.3 is 0 Å². The molecule has 2 rings (SSSR count). The molecule has 3 N–H and O–H groups in total. The SMILES string of the molecule is O=C(N/N=C\c1cc(Br)cc(Br)c1O)[C@@H](O)c1ccccc1. The highest BCUT2D eigenvalue weighted by Crippen LogP contribution is 2.30. The summed E-state index contributed by atoms with van der Waals surface area (Å²) < 4.78 is 1.24. The van der Waals surface area contributed by atoms with Crippen molar-refractivity contribution in [1.82, 2.24) is 5.43 Å². The number of nitrogens with zero attached hydrogens (tertiary/aromatic N) is 1. The molecule has 0 spiro atoms. The summed E-state index contributed by atoms with van der Waals surface area (Å²) in [5.74, 6) is -0.652. The Morgan fingerprint density at radius 1 is 1.23 bits per heavy atom. The van der Waals surface area contributed by atoms with Crippen molar-refractivity contribution in [2.75, 3.05) is 0 Å². The molecule has 2 aromatic carbocycles. The molecule has 0 heterocycles. The van der Waals surface area contributed by atoms with Crippen molar-refractivity contribution in [2.45, 2.75) is 6.10 Å². The first-order chi connectivity index (χ1) is 10.5. The average molecular weight is 428 g/mol. The molecule has 0 aliphatic rings. The predicted octanol–water partition coefficient (Wildman–Crippen LogP) is 3.10. The number of phenolic OH excluding ortho intramolecular Hbond substituents is 1. The maximum atomic E-state index is 11.8. The zero-order chi connectivity index (χ0) is 16.1. The van der Waals surface area contributed by atoms with Gasteiger partial charge in [-0.3, -0.25) is 4.79 Å². The number of aromatic hydroxyl groups is 1. The van der Waals surface area contributed by atoms with E-state index in [0.717, 1.165) is 4.47 Å². The van der Waals surface area contributed by atoms with E-state index in [1.165, 1.54) is 6.21 Å². The second kappa shape index (κ2) is 7.53. The fourth-order valence-electron chi connectivity index (χ4n) is 1.70. The zero-order valence-corrected chi connectivity index (χ0v) is 14.4. The van der Waals surface area contributed by atoms with Crippen LogP contribution in [0.15, 0.2) is 56.5 Å². The number of carbonyl (C=O) groups is 1. The summed E-state index contributed by atoms with van der Waals surface area (Å²) >= 11 is 6.49. The van der Waals surface area contributed by atoms with E-state index >= 15 is 0 Å². The Bertz CT molecular complexity index is 705. The third-order valence-electron chi connectivity index (χ3n) is 2.80. The molecule has 0 aromatic heterocycles. The summed E-state index contributed by atoms with van der Waals surface area (Å²) in [7, 11) is 0. The lowest BCUT2D eigenvalue weighted by Crippen LogP contribution is -2.25. The maximum absolute atomic E-state index is 11.8. The number of hydrogen-bond donors (Lipinski definition) is 3. The van der Waals surface area contributed by atoms with Crippen molar-refractivity contribution < 1.29 is 15.0 Å². The number of amides is 1. The number of hydrazone groups is 1. The van der Waals surface area contributed by atoms with E-state index in [1.54, 1.807) is 42.5 Å². The molecule has 22 heavy (non-hydrogen) atoms. The minimum Gasteiger partial charge on any atom is -0.506 e. The van der Waals surface area contributed by atoms with Crippen LogP contribution in [0.2, 0.25) is 0 Å². The molecular weight excluding hydrogens is 416 g/mol. The van der Waals surface area contributed by atoms with E-state index in [2.05, 4.69) is 42.4 Å². The summed E-state index contributed by atoms with van der Waals surface area (Å²) in [4.78, 5) is 11.8. The van der Waals surface area contributed by atoms with Crippen molar-refractivity contribution in [3.63, 3.8) is 0 Å². The van der Waals surface area contributed by atoms with Crippen LogP contribution >= 0.6 is 31.9 Å². The monoisotopic (exact) mass is 426 g/mol. The summed E-state index contributed by atoms with van der Waals surface area (Å²) in [6.45, 7) is 0. The van der Waals surface area contributed by atoms with Gasteiger partial charge in [0.25, 0.3) is 5.91 Å². The molecule has 114 valence electrons. The first kappa shape index (κ1) is 16.7. The highest BCUT2D eigenvalue weighted by molar-refractivity contribution is 9.11. The molecule has 0 unspecified atom stereocenters. The van der Waals surface area contributed by atoms with Gasteiger partial charge in [0.05, 0.1) is 10.7 Å². The number of benzene rings is 2. The van der Waals surface area contributed by atoms with E-state index in [9.17, 15) is 15.0 Å². The molecular formula is C15H12Br2N2O3. The largest absolute Gasteiger partial charge is 0.506 e. The van der Waals surface area contributed by atoms with Crippen LogP contribution in [0.5, 0.6) is 5.75 Å². The smallest absolute Gasteiger partial charge is 0.273 e. The van der Waals surface area contributed by atoms with Gasteiger partial charge in [-0.1, -0.05) is 46.3 Å². The van der Waals surface area contributed by atoms with E-state index < -0.39 is 12.0 Å². The van der Waals surface area contributed by atoms with Crippen LogP contribution in [0.1, 0.15) is 17.2 Å². The first-order valence-corrected chi connectivity index (χ1v) is 7.81. The van der Waals surface area contributed by atoms with Crippen LogP contribution in [0.25, 0.3) is 0 Å². The van der Waals surface area contributed by atoms with Crippen LogP contribution in [0, 0.1) is 0 Å². The molecule has 2 aromatic rings. The number of carbonyl (C=O) groups excluding carboxylic acids is 1. The third kappa shape index (κ3) is 4.16. The molecule has 0 saturated heterocycles. The Morgan fingerprint density at radius 3 is 2.59 bits per heavy atom. The minimum absolute atomic E-state index is 0.00445. The van der Waals surface area contributed by atoms with E-state index in [4.69, 9.17) is 0 Å². The van der Waals surface area contributed by atoms with Crippen molar-refractivity contribution in [1.29, 1.82) is 0 Å². The predicted molar refractivity (Wildman–Crippen MR) is 90.6 cm³/mol. The minimum atomic E-state index is -1.30. The van der Waals surface area contributed by atoms with E-state index in [-0.39, 0.29) is 5.75 Å². The Labute approximate surface area is 143 Å². The van der Waals surface area contributed by atoms with Gasteiger partial charge in [-0.25, -0.2) is 5.43 Å². The average Bonchev–Trinajstić information content (AvgIpc) is 2.51. The second-order valence-corrected chi connectivity index (χ2v) is 6.14. The number of hydrogen-bond acceptors (Lipinski definition) is 4. The molecule has 0 fully saturated rings. The number of halogens is 2. The zero-order valence-electron chi connectivity index (χ0n) is 11.2. The second-order valence-electron chi connectivity index (χ2n) is 4.37. The lowest BCUT2D eigenvalue weighted by atomic mass is 10.1. The van der Waals surface area contributed by atoms with Gasteiger partial charge < -0.3 is 10.2 Å². The number of phenols is 1. The van der Waals surface area contributed by atoms with Gasteiger partial charge in [-0.15, -0.1) is 0 Å². The third-order valence-corrected chi connectivity index (χ3v) is 3.86. The molecule has 0 aliphatic heterocycles. The van der Waals surface area contributed by atoms with Gasteiger partial charge in [0, 0.05) is 10.0 Å². The van der Waals surface area contributed by atoms with Gasteiger partial charge in [-0.05, 0) is 33.6 Å². The molecule has 1 atom stereocenters. The summed E-state index contributed by atoms with van der Waals surface area (Å²) in [5, 5.41) is 23.5. The van der Waals surface area contributed by atoms with E-state index in [0.29, 0.717) is 15.6 Å². The van der Waals surface area contributed by atoms with Crippen LogP contribution in [-0.4, -0.2) is 22.3 Å². The van der Waals surface area contributed by atoms with Crippen molar-refractivity contribution in [2.24, 2.45) is 5.10 Å². The van der Waals surface area contributed by atoms with Gasteiger partial charge in [0.15, 0.2) is 6.10 Å². The Balaban J connectivity index is 2.05. The summed E-state index contributed by atoms with van der Waals surface area (Å²) in [5.41, 5.74) is 3.12. The standard InChI is InChI=1S/C15H12Br2N2O3/c16-11-6-10(13(20)12(17)7-11)8-18-19-15(22)14(21)9-4-2-1-3-5-9/h1-8,14,20-21H,(H,19,22)/b18-8-/t14-/m0/s1. The van der Waals surface area contributed by atoms with Crippen LogP contribution in [0.4, 0.5) is 0 Å². The molecule has 0 bridgehead atoms. The lowest BCUT2D eigenvalue weighted by Gasteiger charge is -2.08. The van der Waals surface area contributed by atoms with Gasteiger partial charge in [0.1, 0.15) is 5.75 Å². The van der Waals surface area contributed by atoms with Gasteiger partial charge in [0.2, 0.25) is 0 Å². The first-order valence-electron chi connectivity index (χ1n) is 6.23. The topological polar surface area (TPSA) is 81.9 Å². The highest BCUT2D eigenvalue weighted by Gasteiger charge is 2.16. The fourth-order valence-corrected chi connectivity index (χ4v) is 2.96. The van der Waals surface area contributed by atoms with Crippen LogP contribution < -0.4 is 5.43 Å². The van der Waals surface area contributed by atoms with Crippen LogP contribution in [-0.2, 0) is 4.79 Å². The van der Waals surface area contributed by atoms with Crippen molar-refractivity contribution >= 4 is 44.0 Å². The van der Waals surface area contributed by atoms with E-state index in [1.807, 2.05) is 0 Å². The maximum Gasteiger partial charge on any atom is 0.273 e.